The van der Waals surface area contributed by atoms with E-state index in [0.717, 1.165) is 25.9 Å². The Kier molecular flexibility index (Phi) is 5.91. The van der Waals surface area contributed by atoms with Gasteiger partial charge >= 0.3 is 5.97 Å². The van der Waals surface area contributed by atoms with Gasteiger partial charge in [0.1, 0.15) is 5.75 Å². The monoisotopic (exact) mass is 345 g/mol. The number of esters is 1. The lowest BCUT2D eigenvalue weighted by Crippen LogP contribution is -2.34. The third-order valence-corrected chi connectivity index (χ3v) is 3.86. The van der Waals surface area contributed by atoms with E-state index >= 15 is 0 Å². The summed E-state index contributed by atoms with van der Waals surface area (Å²) in [6.07, 6.45) is 1.12. The van der Waals surface area contributed by atoms with E-state index in [2.05, 4.69) is 0 Å². The minimum Gasteiger partial charge on any atom is -0.477 e. The van der Waals surface area contributed by atoms with Crippen molar-refractivity contribution in [3.8, 4) is 5.75 Å². The molecule has 1 aliphatic heterocycles. The van der Waals surface area contributed by atoms with E-state index in [-0.39, 0.29) is 12.5 Å². The zero-order valence-corrected chi connectivity index (χ0v) is 13.7. The molecule has 22 heavy (non-hydrogen) atoms. The zero-order chi connectivity index (χ0) is 16.1. The van der Waals surface area contributed by atoms with Crippen LogP contribution in [0.2, 0.25) is 10.0 Å². The molecular formula is C15H17Cl2NO4. The molecule has 0 spiro atoms. The fourth-order valence-corrected chi connectivity index (χ4v) is 2.57. The van der Waals surface area contributed by atoms with Crippen molar-refractivity contribution < 1.29 is 19.1 Å². The van der Waals surface area contributed by atoms with Gasteiger partial charge in [-0.1, -0.05) is 23.2 Å². The van der Waals surface area contributed by atoms with Gasteiger partial charge in [0.05, 0.1) is 5.02 Å². The fourth-order valence-electron chi connectivity index (χ4n) is 2.12. The van der Waals surface area contributed by atoms with Gasteiger partial charge in [0.15, 0.2) is 12.7 Å². The molecule has 1 heterocycles. The van der Waals surface area contributed by atoms with Crippen LogP contribution >= 0.6 is 23.2 Å². The molecule has 0 aliphatic carbocycles. The van der Waals surface area contributed by atoms with Crippen molar-refractivity contribution >= 4 is 35.1 Å². The van der Waals surface area contributed by atoms with Crippen molar-refractivity contribution in [2.75, 3.05) is 19.7 Å². The number of ether oxygens (including phenoxy) is 2. The van der Waals surface area contributed by atoms with Gasteiger partial charge in [0.2, 0.25) is 0 Å². The largest absolute Gasteiger partial charge is 0.477 e. The number of amides is 1. The predicted molar refractivity (Wildman–Crippen MR) is 83.3 cm³/mol. The molecule has 0 aromatic heterocycles. The number of hydrogen-bond acceptors (Lipinski definition) is 4. The van der Waals surface area contributed by atoms with Crippen molar-refractivity contribution in [2.45, 2.75) is 25.9 Å². The normalized spacial score (nSPS) is 15.5. The number of benzene rings is 1. The molecule has 0 saturated carbocycles. The molecule has 0 radical (unpaired) electrons. The van der Waals surface area contributed by atoms with Crippen molar-refractivity contribution in [3.05, 3.63) is 28.2 Å². The van der Waals surface area contributed by atoms with Crippen molar-refractivity contribution in [2.24, 2.45) is 0 Å². The minimum atomic E-state index is -0.870. The maximum atomic E-state index is 11.9. The van der Waals surface area contributed by atoms with Crippen LogP contribution in [0, 0.1) is 0 Å². The summed E-state index contributed by atoms with van der Waals surface area (Å²) >= 11 is 11.8. The maximum Gasteiger partial charge on any atom is 0.347 e. The van der Waals surface area contributed by atoms with E-state index in [1.165, 1.54) is 13.0 Å². The molecule has 1 amide bonds. The van der Waals surface area contributed by atoms with E-state index in [0.29, 0.717) is 15.8 Å². The Balaban J connectivity index is 1.82. The Morgan fingerprint density at radius 1 is 1.27 bits per heavy atom. The molecule has 7 heteroatoms. The van der Waals surface area contributed by atoms with Crippen LogP contribution < -0.4 is 4.74 Å². The molecule has 1 saturated heterocycles. The lowest BCUT2D eigenvalue weighted by Gasteiger charge is -2.17. The first-order chi connectivity index (χ1) is 10.5. The molecule has 1 aromatic carbocycles. The van der Waals surface area contributed by atoms with E-state index < -0.39 is 12.1 Å². The molecule has 120 valence electrons. The summed E-state index contributed by atoms with van der Waals surface area (Å²) < 4.78 is 10.4. The van der Waals surface area contributed by atoms with Gasteiger partial charge in [-0.3, -0.25) is 4.79 Å². The highest BCUT2D eigenvalue weighted by molar-refractivity contribution is 6.35. The Labute approximate surface area is 139 Å². The van der Waals surface area contributed by atoms with Crippen molar-refractivity contribution in [1.29, 1.82) is 0 Å². The maximum absolute atomic E-state index is 11.9. The zero-order valence-electron chi connectivity index (χ0n) is 12.2. The van der Waals surface area contributed by atoms with E-state index in [9.17, 15) is 9.59 Å². The van der Waals surface area contributed by atoms with Crippen LogP contribution in [0.25, 0.3) is 0 Å². The van der Waals surface area contributed by atoms with Crippen molar-refractivity contribution in [3.63, 3.8) is 0 Å². The number of halogens is 2. The van der Waals surface area contributed by atoms with Crippen LogP contribution in [0.15, 0.2) is 18.2 Å². The van der Waals surface area contributed by atoms with E-state index in [1.807, 2.05) is 0 Å². The standard InChI is InChI=1S/C15H17Cl2NO4/c1-10(22-13-5-4-11(16)8-12(13)17)15(20)21-9-14(19)18-6-2-3-7-18/h4-5,8,10H,2-3,6-7,9H2,1H3. The summed E-state index contributed by atoms with van der Waals surface area (Å²) in [5.41, 5.74) is 0. The van der Waals surface area contributed by atoms with Crippen LogP contribution in [-0.4, -0.2) is 42.6 Å². The lowest BCUT2D eigenvalue weighted by molar-refractivity contribution is -0.157. The first kappa shape index (κ1) is 16.9. The SMILES string of the molecule is CC(Oc1ccc(Cl)cc1Cl)C(=O)OCC(=O)N1CCCC1. The molecular weight excluding hydrogens is 329 g/mol. The first-order valence-electron chi connectivity index (χ1n) is 7.03. The number of carbonyl (C=O) groups is 2. The minimum absolute atomic E-state index is 0.178. The Hall–Kier alpha value is -1.46. The van der Waals surface area contributed by atoms with Gasteiger partial charge in [-0.2, -0.15) is 0 Å². The molecule has 0 bridgehead atoms. The van der Waals surface area contributed by atoms with Crippen LogP contribution in [0.1, 0.15) is 19.8 Å². The van der Waals surface area contributed by atoms with Gasteiger partial charge in [0, 0.05) is 18.1 Å². The Morgan fingerprint density at radius 2 is 1.95 bits per heavy atom. The van der Waals surface area contributed by atoms with Crippen LogP contribution in [0.3, 0.4) is 0 Å². The number of rotatable bonds is 5. The smallest absolute Gasteiger partial charge is 0.347 e. The number of likely N-dealkylation sites (tertiary alicyclic amines) is 1. The van der Waals surface area contributed by atoms with Gasteiger partial charge in [-0.15, -0.1) is 0 Å². The highest BCUT2D eigenvalue weighted by atomic mass is 35.5. The summed E-state index contributed by atoms with van der Waals surface area (Å²) in [6.45, 7) is 2.72. The van der Waals surface area contributed by atoms with Crippen LogP contribution in [0.5, 0.6) is 5.75 Å². The average Bonchev–Trinajstić information content (AvgIpc) is 3.01. The van der Waals surface area contributed by atoms with Gasteiger partial charge in [-0.05, 0) is 38.0 Å². The van der Waals surface area contributed by atoms with Crippen molar-refractivity contribution in [1.82, 2.24) is 4.90 Å². The molecule has 5 nitrogen and oxygen atoms in total. The van der Waals surface area contributed by atoms with Gasteiger partial charge in [-0.25, -0.2) is 4.79 Å². The second-order valence-corrected chi connectivity index (χ2v) is 5.87. The second-order valence-electron chi connectivity index (χ2n) is 5.03. The van der Waals surface area contributed by atoms with Crippen LogP contribution in [0.4, 0.5) is 0 Å². The second kappa shape index (κ2) is 7.70. The quantitative estimate of drug-likeness (QED) is 0.770. The molecule has 1 aliphatic rings. The number of hydrogen-bond donors (Lipinski definition) is 0. The Morgan fingerprint density at radius 3 is 2.59 bits per heavy atom. The Bertz CT molecular complexity index is 558. The third-order valence-electron chi connectivity index (χ3n) is 3.33. The van der Waals surface area contributed by atoms with E-state index in [1.54, 1.807) is 17.0 Å². The summed E-state index contributed by atoms with van der Waals surface area (Å²) in [5, 5.41) is 0.782. The first-order valence-corrected chi connectivity index (χ1v) is 7.79. The molecule has 1 aromatic rings. The fraction of sp³-hybridized carbons (Fsp3) is 0.467. The average molecular weight is 346 g/mol. The van der Waals surface area contributed by atoms with Gasteiger partial charge < -0.3 is 14.4 Å². The van der Waals surface area contributed by atoms with Gasteiger partial charge in [0.25, 0.3) is 5.91 Å². The van der Waals surface area contributed by atoms with Crippen LogP contribution in [-0.2, 0) is 14.3 Å². The molecule has 0 N–H and O–H groups in total. The third kappa shape index (κ3) is 4.52. The predicted octanol–water partition coefficient (Wildman–Crippen LogP) is 2.93. The topological polar surface area (TPSA) is 55.8 Å². The highest BCUT2D eigenvalue weighted by Gasteiger charge is 2.22. The highest BCUT2D eigenvalue weighted by Crippen LogP contribution is 2.28. The summed E-state index contributed by atoms with van der Waals surface area (Å²) in [5.74, 6) is -0.456. The molecule has 2 rings (SSSR count). The van der Waals surface area contributed by atoms with E-state index in [4.69, 9.17) is 32.7 Å². The summed E-state index contributed by atoms with van der Waals surface area (Å²) in [7, 11) is 0. The molecule has 1 atom stereocenters. The summed E-state index contributed by atoms with van der Waals surface area (Å²) in [4.78, 5) is 25.3. The molecule has 1 fully saturated rings. The lowest BCUT2D eigenvalue weighted by atomic mass is 10.3. The summed E-state index contributed by atoms with van der Waals surface area (Å²) in [6, 6.07) is 4.70. The molecule has 1 unspecified atom stereocenters. The number of carbonyl (C=O) groups excluding carboxylic acids is 2. The number of nitrogens with zero attached hydrogens (tertiary/aromatic N) is 1.